The molecule has 0 unspecified atom stereocenters. The highest BCUT2D eigenvalue weighted by Crippen LogP contribution is 2.32. The molecule has 6 heteroatoms. The molecule has 0 saturated carbocycles. The number of nitriles is 1. The van der Waals surface area contributed by atoms with Crippen molar-refractivity contribution >= 4 is 0 Å². The molecule has 2 N–H and O–H groups in total. The van der Waals surface area contributed by atoms with Crippen LogP contribution in [0.2, 0.25) is 0 Å². The molecule has 1 rings (SSSR count). The Labute approximate surface area is 85.3 Å². The summed E-state index contributed by atoms with van der Waals surface area (Å²) >= 11 is 0. The predicted molar refractivity (Wildman–Crippen MR) is 48.4 cm³/mol. The van der Waals surface area contributed by atoms with E-state index in [1.54, 1.807) is 6.07 Å². The van der Waals surface area contributed by atoms with Crippen molar-refractivity contribution in [2.45, 2.75) is 13.0 Å². The van der Waals surface area contributed by atoms with E-state index in [0.29, 0.717) is 0 Å². The molecule has 1 heterocycles. The van der Waals surface area contributed by atoms with Crippen LogP contribution in [0.3, 0.4) is 0 Å². The van der Waals surface area contributed by atoms with Crippen molar-refractivity contribution in [1.82, 2.24) is 4.98 Å². The van der Waals surface area contributed by atoms with Crippen LogP contribution < -0.4 is 10.5 Å². The van der Waals surface area contributed by atoms with Crippen molar-refractivity contribution in [3.8, 4) is 11.8 Å². The third-order valence-corrected chi connectivity index (χ3v) is 1.90. The number of alkyl halides is 2. The summed E-state index contributed by atoms with van der Waals surface area (Å²) < 4.78 is 29.9. The number of hydrogen-bond acceptors (Lipinski definition) is 4. The summed E-state index contributed by atoms with van der Waals surface area (Å²) in [5.74, 6) is -0.0564. The minimum atomic E-state index is -2.70. The smallest absolute Gasteiger partial charge is 0.268 e. The van der Waals surface area contributed by atoms with E-state index in [4.69, 9.17) is 15.7 Å². The van der Waals surface area contributed by atoms with Gasteiger partial charge in [-0.1, -0.05) is 0 Å². The zero-order chi connectivity index (χ0) is 11.4. The number of nitrogens with zero attached hydrogens (tertiary/aromatic N) is 2. The molecule has 0 amide bonds. The number of rotatable bonds is 3. The average molecular weight is 213 g/mol. The minimum Gasteiger partial charge on any atom is -0.496 e. The quantitative estimate of drug-likeness (QED) is 0.822. The molecule has 0 atom stereocenters. The third-order valence-electron chi connectivity index (χ3n) is 1.90. The largest absolute Gasteiger partial charge is 0.496 e. The van der Waals surface area contributed by atoms with Crippen molar-refractivity contribution < 1.29 is 13.5 Å². The van der Waals surface area contributed by atoms with Crippen LogP contribution in [0.15, 0.2) is 6.20 Å². The number of ether oxygens (including phenoxy) is 1. The molecule has 80 valence electrons. The number of methoxy groups -OCH3 is 1. The van der Waals surface area contributed by atoms with Gasteiger partial charge in [0.2, 0.25) is 0 Å². The van der Waals surface area contributed by atoms with E-state index in [2.05, 4.69) is 4.98 Å². The topological polar surface area (TPSA) is 71.9 Å². The molecule has 0 saturated heterocycles. The van der Waals surface area contributed by atoms with Crippen LogP contribution in [0.1, 0.15) is 23.2 Å². The maximum absolute atomic E-state index is 12.5. The zero-order valence-electron chi connectivity index (χ0n) is 8.00. The molecule has 0 bridgehead atoms. The van der Waals surface area contributed by atoms with Gasteiger partial charge < -0.3 is 10.5 Å². The molecule has 4 nitrogen and oxygen atoms in total. The van der Waals surface area contributed by atoms with Gasteiger partial charge in [-0.05, 0) is 0 Å². The maximum Gasteiger partial charge on any atom is 0.268 e. The van der Waals surface area contributed by atoms with Gasteiger partial charge in [0, 0.05) is 18.3 Å². The van der Waals surface area contributed by atoms with Gasteiger partial charge in [0.25, 0.3) is 6.43 Å². The first-order valence-corrected chi connectivity index (χ1v) is 4.09. The number of halogens is 2. The van der Waals surface area contributed by atoms with Crippen molar-refractivity contribution in [3.63, 3.8) is 0 Å². The molecule has 0 fully saturated rings. The number of pyridine rings is 1. The van der Waals surface area contributed by atoms with E-state index >= 15 is 0 Å². The fourth-order valence-electron chi connectivity index (χ4n) is 1.23. The second kappa shape index (κ2) is 4.66. The van der Waals surface area contributed by atoms with E-state index in [1.165, 1.54) is 7.11 Å². The SMILES string of the molecule is COc1c(C(F)F)cnc(C#N)c1CN. The lowest BCUT2D eigenvalue weighted by Crippen LogP contribution is -2.07. The highest BCUT2D eigenvalue weighted by Gasteiger charge is 2.20. The molecular formula is C9H9F2N3O. The molecule has 0 spiro atoms. The van der Waals surface area contributed by atoms with E-state index in [-0.39, 0.29) is 29.1 Å². The molecule has 1 aromatic rings. The molecule has 0 radical (unpaired) electrons. The van der Waals surface area contributed by atoms with Crippen LogP contribution in [0.4, 0.5) is 8.78 Å². The molecule has 1 aromatic heterocycles. The molecule has 0 aliphatic heterocycles. The molecule has 0 aliphatic carbocycles. The Kier molecular flexibility index (Phi) is 3.52. The first-order chi connectivity index (χ1) is 7.15. The Morgan fingerprint density at radius 3 is 2.73 bits per heavy atom. The predicted octanol–water partition coefficient (Wildman–Crippen LogP) is 1.36. The lowest BCUT2D eigenvalue weighted by Gasteiger charge is -2.12. The molecule has 0 aliphatic rings. The minimum absolute atomic E-state index is 0.0127. The third kappa shape index (κ3) is 2.02. The monoisotopic (exact) mass is 213 g/mol. The highest BCUT2D eigenvalue weighted by atomic mass is 19.3. The van der Waals surface area contributed by atoms with Gasteiger partial charge in [-0.3, -0.25) is 0 Å². The van der Waals surface area contributed by atoms with Gasteiger partial charge in [0.05, 0.1) is 12.7 Å². The van der Waals surface area contributed by atoms with Gasteiger partial charge in [-0.2, -0.15) is 5.26 Å². The highest BCUT2D eigenvalue weighted by molar-refractivity contribution is 5.47. The van der Waals surface area contributed by atoms with Gasteiger partial charge in [-0.15, -0.1) is 0 Å². The first kappa shape index (κ1) is 11.3. The second-order valence-electron chi connectivity index (χ2n) is 2.69. The van der Waals surface area contributed by atoms with Crippen molar-refractivity contribution in [2.24, 2.45) is 5.73 Å². The number of nitrogens with two attached hydrogens (primary N) is 1. The lowest BCUT2D eigenvalue weighted by atomic mass is 10.1. The normalized spacial score (nSPS) is 10.1. The summed E-state index contributed by atoms with van der Waals surface area (Å²) in [6, 6.07) is 1.77. The summed E-state index contributed by atoms with van der Waals surface area (Å²) in [6.07, 6.45) is -1.77. The Morgan fingerprint density at radius 2 is 2.33 bits per heavy atom. The van der Waals surface area contributed by atoms with Crippen LogP contribution in [0, 0.1) is 11.3 Å². The molecular weight excluding hydrogens is 204 g/mol. The van der Waals surface area contributed by atoms with E-state index in [0.717, 1.165) is 6.20 Å². The fourth-order valence-corrected chi connectivity index (χ4v) is 1.23. The summed E-state index contributed by atoms with van der Waals surface area (Å²) in [4.78, 5) is 3.60. The first-order valence-electron chi connectivity index (χ1n) is 4.09. The van der Waals surface area contributed by atoms with Gasteiger partial charge in [0.15, 0.2) is 0 Å². The molecule has 15 heavy (non-hydrogen) atoms. The summed E-state index contributed by atoms with van der Waals surface area (Å²) in [5.41, 5.74) is 5.22. The Hall–Kier alpha value is -1.74. The summed E-state index contributed by atoms with van der Waals surface area (Å²) in [5, 5.41) is 8.69. The van der Waals surface area contributed by atoms with Crippen molar-refractivity contribution in [1.29, 1.82) is 5.26 Å². The lowest BCUT2D eigenvalue weighted by molar-refractivity contribution is 0.146. The van der Waals surface area contributed by atoms with Crippen LogP contribution in [0.25, 0.3) is 0 Å². The number of aromatic nitrogens is 1. The van der Waals surface area contributed by atoms with Crippen LogP contribution >= 0.6 is 0 Å². The zero-order valence-corrected chi connectivity index (χ0v) is 8.00. The van der Waals surface area contributed by atoms with Gasteiger partial charge in [0.1, 0.15) is 17.5 Å². The number of hydrogen-bond donors (Lipinski definition) is 1. The summed E-state index contributed by atoms with van der Waals surface area (Å²) in [6.45, 7) is -0.0698. The van der Waals surface area contributed by atoms with Crippen molar-refractivity contribution in [2.75, 3.05) is 7.11 Å². The Bertz CT molecular complexity index is 401. The standard InChI is InChI=1S/C9H9F2N3O/c1-15-8-5(2-12)7(3-13)14-4-6(8)9(10)11/h4,9H,2,12H2,1H3. The average Bonchev–Trinajstić information content (AvgIpc) is 2.26. The van der Waals surface area contributed by atoms with E-state index in [9.17, 15) is 8.78 Å². The Balaban J connectivity index is 3.42. The van der Waals surface area contributed by atoms with E-state index < -0.39 is 6.43 Å². The van der Waals surface area contributed by atoms with Crippen LogP contribution in [-0.2, 0) is 6.54 Å². The van der Waals surface area contributed by atoms with Crippen molar-refractivity contribution in [3.05, 3.63) is 23.0 Å². The maximum atomic E-state index is 12.5. The summed E-state index contributed by atoms with van der Waals surface area (Å²) in [7, 11) is 1.25. The second-order valence-corrected chi connectivity index (χ2v) is 2.69. The fraction of sp³-hybridized carbons (Fsp3) is 0.333. The van der Waals surface area contributed by atoms with Crippen LogP contribution in [-0.4, -0.2) is 12.1 Å². The van der Waals surface area contributed by atoms with Crippen LogP contribution in [0.5, 0.6) is 5.75 Å². The molecule has 0 aromatic carbocycles. The van der Waals surface area contributed by atoms with Gasteiger partial charge >= 0.3 is 0 Å². The van der Waals surface area contributed by atoms with E-state index in [1.807, 2.05) is 0 Å². The Morgan fingerprint density at radius 1 is 1.67 bits per heavy atom. The van der Waals surface area contributed by atoms with Gasteiger partial charge in [-0.25, -0.2) is 13.8 Å².